The number of hydrogen-bond acceptors (Lipinski definition) is 5. The normalized spacial score (nSPS) is 12.8. The van der Waals surface area contributed by atoms with E-state index < -0.39 is 0 Å². The van der Waals surface area contributed by atoms with Gasteiger partial charge in [-0.25, -0.2) is 4.79 Å². The molecule has 16 heavy (non-hydrogen) atoms. The zero-order chi connectivity index (χ0) is 12.0. The van der Waals surface area contributed by atoms with Crippen molar-refractivity contribution < 1.29 is 9.53 Å². The second-order valence-electron chi connectivity index (χ2n) is 3.89. The molecule has 0 aliphatic heterocycles. The van der Waals surface area contributed by atoms with Gasteiger partial charge in [0.05, 0.1) is 17.0 Å². The van der Waals surface area contributed by atoms with Gasteiger partial charge in [-0.05, 0) is 19.4 Å². The minimum atomic E-state index is -0.380. The monoisotopic (exact) mass is 242 g/mol. The summed E-state index contributed by atoms with van der Waals surface area (Å²) in [6, 6.07) is -0.380. The summed E-state index contributed by atoms with van der Waals surface area (Å²) < 4.78 is 5.04. The van der Waals surface area contributed by atoms with E-state index in [4.69, 9.17) is 4.74 Å². The zero-order valence-corrected chi connectivity index (χ0v) is 10.7. The van der Waals surface area contributed by atoms with Gasteiger partial charge in [0.2, 0.25) is 0 Å². The number of carbonyl (C=O) groups excluding carboxylic acids is 1. The zero-order valence-electron chi connectivity index (χ0n) is 9.90. The van der Waals surface area contributed by atoms with E-state index in [1.54, 1.807) is 11.7 Å². The van der Waals surface area contributed by atoms with Crippen LogP contribution < -0.4 is 5.32 Å². The second kappa shape index (κ2) is 6.60. The molecule has 0 fully saturated rings. The van der Waals surface area contributed by atoms with E-state index in [-0.39, 0.29) is 12.0 Å². The number of esters is 1. The Morgan fingerprint density at radius 2 is 2.38 bits per heavy atom. The molecule has 1 aromatic heterocycles. The summed E-state index contributed by atoms with van der Waals surface area (Å²) in [6.07, 6.45) is 1.71. The topological polar surface area (TPSA) is 51.2 Å². The molecule has 0 aliphatic rings. The van der Waals surface area contributed by atoms with Gasteiger partial charge in [0.1, 0.15) is 6.04 Å². The number of aromatic nitrogens is 1. The summed E-state index contributed by atoms with van der Waals surface area (Å²) in [4.78, 5) is 16.6. The molecule has 0 spiro atoms. The first kappa shape index (κ1) is 13.1. The van der Waals surface area contributed by atoms with Gasteiger partial charge < -0.3 is 4.74 Å². The highest BCUT2D eigenvalue weighted by atomic mass is 32.1. The van der Waals surface area contributed by atoms with E-state index >= 15 is 0 Å². The van der Waals surface area contributed by atoms with Crippen LogP contribution in [-0.4, -0.2) is 24.1 Å². The van der Waals surface area contributed by atoms with Gasteiger partial charge in [0.25, 0.3) is 0 Å². The Kier molecular flexibility index (Phi) is 5.42. The lowest BCUT2D eigenvalue weighted by atomic mass is 10.2. The largest absolute Gasteiger partial charge is 0.465 e. The third-order valence-corrected chi connectivity index (χ3v) is 2.83. The van der Waals surface area contributed by atoms with Crippen LogP contribution in [0.15, 0.2) is 11.7 Å². The Balaban J connectivity index is 2.66. The summed E-state index contributed by atoms with van der Waals surface area (Å²) in [6.45, 7) is 7.19. The molecule has 0 saturated carbocycles. The molecule has 5 heteroatoms. The molecule has 90 valence electrons. The van der Waals surface area contributed by atoms with Crippen LogP contribution in [0.1, 0.15) is 31.7 Å². The third-order valence-electron chi connectivity index (χ3n) is 1.99. The summed E-state index contributed by atoms with van der Waals surface area (Å²) in [5.74, 6) is 0.261. The average Bonchev–Trinajstić information content (AvgIpc) is 2.71. The van der Waals surface area contributed by atoms with Gasteiger partial charge in [-0.3, -0.25) is 10.3 Å². The lowest BCUT2D eigenvalue weighted by molar-refractivity contribution is -0.145. The molecule has 1 rings (SSSR count). The highest BCUT2D eigenvalue weighted by molar-refractivity contribution is 7.09. The van der Waals surface area contributed by atoms with Crippen molar-refractivity contribution in [1.29, 1.82) is 0 Å². The molecule has 4 nitrogen and oxygen atoms in total. The fraction of sp³-hybridized carbons (Fsp3) is 0.636. The number of thiazole rings is 1. The molecule has 0 aliphatic carbocycles. The molecule has 1 heterocycles. The predicted molar refractivity (Wildman–Crippen MR) is 64.3 cm³/mol. The number of nitrogens with zero attached hydrogens (tertiary/aromatic N) is 1. The predicted octanol–water partition coefficient (Wildman–Crippen LogP) is 1.99. The Morgan fingerprint density at radius 3 is 2.88 bits per heavy atom. The number of nitrogens with one attached hydrogen (secondary N) is 1. The van der Waals surface area contributed by atoms with Crippen molar-refractivity contribution in [3.63, 3.8) is 0 Å². The Bertz CT molecular complexity index is 312. The van der Waals surface area contributed by atoms with Crippen molar-refractivity contribution in [2.24, 2.45) is 5.92 Å². The SMILES string of the molecule is CCOC(=O)C(NCC(C)C)c1cncs1. The smallest absolute Gasteiger partial charge is 0.328 e. The van der Waals surface area contributed by atoms with E-state index in [0.717, 1.165) is 11.4 Å². The fourth-order valence-electron chi connectivity index (χ4n) is 1.25. The summed E-state index contributed by atoms with van der Waals surface area (Å²) in [5.41, 5.74) is 1.72. The van der Waals surface area contributed by atoms with Crippen LogP contribution in [0.25, 0.3) is 0 Å². The van der Waals surface area contributed by atoms with Crippen molar-refractivity contribution in [2.75, 3.05) is 13.2 Å². The quantitative estimate of drug-likeness (QED) is 0.775. The van der Waals surface area contributed by atoms with Crippen molar-refractivity contribution >= 4 is 17.3 Å². The summed E-state index contributed by atoms with van der Waals surface area (Å²) in [7, 11) is 0. The lowest BCUT2D eigenvalue weighted by Gasteiger charge is -2.16. The molecule has 1 N–H and O–H groups in total. The molecule has 1 aromatic rings. The molecule has 0 radical (unpaired) electrons. The van der Waals surface area contributed by atoms with Crippen LogP contribution in [0.5, 0.6) is 0 Å². The Hall–Kier alpha value is -0.940. The maximum Gasteiger partial charge on any atom is 0.328 e. The van der Waals surface area contributed by atoms with Gasteiger partial charge in [0, 0.05) is 6.20 Å². The fourth-order valence-corrected chi connectivity index (χ4v) is 1.93. The molecular weight excluding hydrogens is 224 g/mol. The molecular formula is C11H18N2O2S. The number of rotatable bonds is 6. The number of carbonyl (C=O) groups is 1. The third kappa shape index (κ3) is 3.90. The minimum Gasteiger partial charge on any atom is -0.465 e. The first-order valence-corrected chi connectivity index (χ1v) is 6.31. The Labute approximate surface area is 100 Å². The van der Waals surface area contributed by atoms with Crippen molar-refractivity contribution in [1.82, 2.24) is 10.3 Å². The molecule has 1 atom stereocenters. The van der Waals surface area contributed by atoms with Crippen LogP contribution >= 0.6 is 11.3 Å². The van der Waals surface area contributed by atoms with Gasteiger partial charge in [-0.15, -0.1) is 11.3 Å². The molecule has 0 saturated heterocycles. The van der Waals surface area contributed by atoms with Gasteiger partial charge in [-0.2, -0.15) is 0 Å². The standard InChI is InChI=1S/C11H18N2O2S/c1-4-15-11(14)10(13-5-8(2)3)9-6-12-7-16-9/h6-8,10,13H,4-5H2,1-3H3. The van der Waals surface area contributed by atoms with Crippen LogP contribution in [0.4, 0.5) is 0 Å². The van der Waals surface area contributed by atoms with Crippen molar-refractivity contribution in [3.8, 4) is 0 Å². The molecule has 1 unspecified atom stereocenters. The first-order chi connectivity index (χ1) is 7.65. The maximum atomic E-state index is 11.7. The molecule has 0 bridgehead atoms. The van der Waals surface area contributed by atoms with Crippen LogP contribution in [-0.2, 0) is 9.53 Å². The second-order valence-corrected chi connectivity index (χ2v) is 4.81. The van der Waals surface area contributed by atoms with Crippen LogP contribution in [0.3, 0.4) is 0 Å². The summed E-state index contributed by atoms with van der Waals surface area (Å²) in [5, 5.41) is 3.20. The molecule has 0 amide bonds. The van der Waals surface area contributed by atoms with Gasteiger partial charge in [0.15, 0.2) is 0 Å². The van der Waals surface area contributed by atoms with E-state index in [0.29, 0.717) is 12.5 Å². The number of ether oxygens (including phenoxy) is 1. The van der Waals surface area contributed by atoms with Crippen LogP contribution in [0.2, 0.25) is 0 Å². The van der Waals surface area contributed by atoms with Gasteiger partial charge >= 0.3 is 5.97 Å². The van der Waals surface area contributed by atoms with Gasteiger partial charge in [-0.1, -0.05) is 13.8 Å². The lowest BCUT2D eigenvalue weighted by Crippen LogP contribution is -2.32. The van der Waals surface area contributed by atoms with E-state index in [1.165, 1.54) is 11.3 Å². The molecule has 0 aromatic carbocycles. The van der Waals surface area contributed by atoms with Crippen LogP contribution in [0, 0.1) is 5.92 Å². The van der Waals surface area contributed by atoms with Crippen molar-refractivity contribution in [3.05, 3.63) is 16.6 Å². The highest BCUT2D eigenvalue weighted by Gasteiger charge is 2.22. The van der Waals surface area contributed by atoms with E-state index in [1.807, 2.05) is 6.92 Å². The maximum absolute atomic E-state index is 11.7. The van der Waals surface area contributed by atoms with E-state index in [9.17, 15) is 4.79 Å². The van der Waals surface area contributed by atoms with E-state index in [2.05, 4.69) is 24.1 Å². The highest BCUT2D eigenvalue weighted by Crippen LogP contribution is 2.18. The van der Waals surface area contributed by atoms with Crippen molar-refractivity contribution in [2.45, 2.75) is 26.8 Å². The summed E-state index contributed by atoms with van der Waals surface area (Å²) >= 11 is 1.46. The minimum absolute atomic E-state index is 0.229. The first-order valence-electron chi connectivity index (χ1n) is 5.43. The Morgan fingerprint density at radius 1 is 1.62 bits per heavy atom. The number of hydrogen-bond donors (Lipinski definition) is 1. The average molecular weight is 242 g/mol.